The first-order chi connectivity index (χ1) is 8.61. The lowest BCUT2D eigenvalue weighted by Crippen LogP contribution is -2.25. The van der Waals surface area contributed by atoms with Gasteiger partial charge in [-0.25, -0.2) is 0 Å². The molecule has 96 valence electrons. The summed E-state index contributed by atoms with van der Waals surface area (Å²) in [5, 5.41) is 13.9. The highest BCUT2D eigenvalue weighted by molar-refractivity contribution is 5.92. The first-order valence-electron chi connectivity index (χ1n) is 5.91. The van der Waals surface area contributed by atoms with Gasteiger partial charge in [-0.05, 0) is 19.4 Å². The number of hydrogen-bond donors (Lipinski definition) is 2. The van der Waals surface area contributed by atoms with Crippen molar-refractivity contribution in [3.63, 3.8) is 0 Å². The largest absolute Gasteiger partial charge is 0.347 e. The summed E-state index contributed by atoms with van der Waals surface area (Å²) < 4.78 is 1.61. The highest BCUT2D eigenvalue weighted by atomic mass is 16.2. The van der Waals surface area contributed by atoms with Crippen LogP contribution in [0.15, 0.2) is 12.3 Å². The van der Waals surface area contributed by atoms with Crippen LogP contribution in [-0.4, -0.2) is 25.9 Å². The second kappa shape index (κ2) is 5.03. The van der Waals surface area contributed by atoms with E-state index in [1.54, 1.807) is 17.9 Å². The molecule has 1 amide bonds. The molecule has 0 fully saturated rings. The summed E-state index contributed by atoms with van der Waals surface area (Å²) in [6.45, 7) is 4.40. The van der Waals surface area contributed by atoms with Gasteiger partial charge < -0.3 is 5.32 Å². The minimum absolute atomic E-state index is 0.120. The first-order valence-corrected chi connectivity index (χ1v) is 5.91. The van der Waals surface area contributed by atoms with E-state index in [1.165, 1.54) is 0 Å². The predicted molar refractivity (Wildman–Crippen MR) is 67.1 cm³/mol. The van der Waals surface area contributed by atoms with Crippen LogP contribution in [0.25, 0.3) is 0 Å². The zero-order valence-corrected chi connectivity index (χ0v) is 10.8. The van der Waals surface area contributed by atoms with Crippen LogP contribution in [0.4, 0.5) is 0 Å². The Morgan fingerprint density at radius 2 is 2.33 bits per heavy atom. The van der Waals surface area contributed by atoms with Gasteiger partial charge in [-0.15, -0.1) is 0 Å². The zero-order valence-electron chi connectivity index (χ0n) is 10.8. The highest BCUT2D eigenvalue weighted by Crippen LogP contribution is 2.05. The maximum atomic E-state index is 12.0. The zero-order chi connectivity index (χ0) is 13.1. The van der Waals surface area contributed by atoms with Crippen molar-refractivity contribution in [1.82, 2.24) is 25.3 Å². The second-order valence-corrected chi connectivity index (χ2v) is 4.20. The van der Waals surface area contributed by atoms with Gasteiger partial charge in [-0.2, -0.15) is 10.2 Å². The number of amides is 1. The number of rotatable bonds is 4. The Labute approximate surface area is 105 Å². The summed E-state index contributed by atoms with van der Waals surface area (Å²) >= 11 is 0. The van der Waals surface area contributed by atoms with E-state index in [4.69, 9.17) is 0 Å². The first kappa shape index (κ1) is 12.3. The summed E-state index contributed by atoms with van der Waals surface area (Å²) in [6.07, 6.45) is 2.54. The fraction of sp³-hybridized carbons (Fsp3) is 0.417. The van der Waals surface area contributed by atoms with Crippen LogP contribution in [0.5, 0.6) is 0 Å². The molecule has 0 atom stereocenters. The van der Waals surface area contributed by atoms with Gasteiger partial charge in [-0.1, -0.05) is 6.92 Å². The fourth-order valence-corrected chi connectivity index (χ4v) is 1.73. The Balaban J connectivity index is 2.03. The van der Waals surface area contributed by atoms with E-state index in [-0.39, 0.29) is 5.91 Å². The smallest absolute Gasteiger partial charge is 0.269 e. The number of carbonyl (C=O) groups excluding carboxylic acids is 1. The van der Waals surface area contributed by atoms with E-state index in [1.807, 2.05) is 19.9 Å². The van der Waals surface area contributed by atoms with Gasteiger partial charge in [0.1, 0.15) is 5.69 Å². The number of hydrogen-bond acceptors (Lipinski definition) is 3. The normalized spacial score (nSPS) is 10.6. The van der Waals surface area contributed by atoms with Gasteiger partial charge in [0.15, 0.2) is 0 Å². The van der Waals surface area contributed by atoms with E-state index >= 15 is 0 Å². The number of aryl methyl sites for hydroxylation is 3. The maximum absolute atomic E-state index is 12.0. The SMILES string of the molecule is CCc1cc(C(=O)NCc2cn[nH]c2C)n(C)n1. The van der Waals surface area contributed by atoms with Crippen molar-refractivity contribution in [3.05, 3.63) is 34.9 Å². The van der Waals surface area contributed by atoms with Crippen molar-refractivity contribution < 1.29 is 4.79 Å². The number of aromatic amines is 1. The Kier molecular flexibility index (Phi) is 3.45. The average Bonchev–Trinajstić information content (AvgIpc) is 2.92. The molecular weight excluding hydrogens is 230 g/mol. The number of nitrogens with one attached hydrogen (secondary N) is 2. The number of aromatic nitrogens is 4. The average molecular weight is 247 g/mol. The van der Waals surface area contributed by atoms with Crippen LogP contribution < -0.4 is 5.32 Å². The van der Waals surface area contributed by atoms with Gasteiger partial charge in [0.05, 0.1) is 11.9 Å². The molecule has 0 bridgehead atoms. The molecule has 2 heterocycles. The molecule has 2 rings (SSSR count). The van der Waals surface area contributed by atoms with Crippen molar-refractivity contribution in [2.45, 2.75) is 26.8 Å². The minimum atomic E-state index is -0.120. The van der Waals surface area contributed by atoms with Crippen molar-refractivity contribution in [2.75, 3.05) is 0 Å². The van der Waals surface area contributed by atoms with E-state index in [9.17, 15) is 4.79 Å². The quantitative estimate of drug-likeness (QED) is 0.844. The Hall–Kier alpha value is -2.11. The molecule has 0 spiro atoms. The molecule has 0 aliphatic rings. The monoisotopic (exact) mass is 247 g/mol. The summed E-state index contributed by atoms with van der Waals surface area (Å²) in [4.78, 5) is 12.0. The summed E-state index contributed by atoms with van der Waals surface area (Å²) in [5.41, 5.74) is 3.45. The Bertz CT molecular complexity index is 555. The van der Waals surface area contributed by atoms with Crippen molar-refractivity contribution in [1.29, 1.82) is 0 Å². The van der Waals surface area contributed by atoms with Crippen LogP contribution in [-0.2, 0) is 20.0 Å². The van der Waals surface area contributed by atoms with Crippen molar-refractivity contribution in [3.8, 4) is 0 Å². The number of H-pyrrole nitrogens is 1. The molecular formula is C12H17N5O. The lowest BCUT2D eigenvalue weighted by molar-refractivity contribution is 0.0941. The molecule has 2 N–H and O–H groups in total. The van der Waals surface area contributed by atoms with Crippen LogP contribution in [0.3, 0.4) is 0 Å². The molecule has 0 radical (unpaired) electrons. The summed E-state index contributed by atoms with van der Waals surface area (Å²) in [6, 6.07) is 1.82. The molecule has 6 nitrogen and oxygen atoms in total. The van der Waals surface area contributed by atoms with E-state index in [2.05, 4.69) is 20.6 Å². The standard InChI is InChI=1S/C12H17N5O/c1-4-10-5-11(17(3)16-10)12(18)13-6-9-7-14-15-8(9)2/h5,7H,4,6H2,1-3H3,(H,13,18)(H,14,15). The summed E-state index contributed by atoms with van der Waals surface area (Å²) in [7, 11) is 1.77. The fourth-order valence-electron chi connectivity index (χ4n) is 1.73. The topological polar surface area (TPSA) is 75.6 Å². The molecule has 0 aliphatic carbocycles. The van der Waals surface area contributed by atoms with Crippen LogP contribution in [0.1, 0.15) is 34.4 Å². The van der Waals surface area contributed by atoms with Gasteiger partial charge in [0, 0.05) is 24.8 Å². The third kappa shape index (κ3) is 2.42. The van der Waals surface area contributed by atoms with Crippen LogP contribution in [0, 0.1) is 6.92 Å². The molecule has 0 saturated carbocycles. The number of carbonyl (C=O) groups is 1. The molecule has 0 aliphatic heterocycles. The molecule has 2 aromatic heterocycles. The van der Waals surface area contributed by atoms with Crippen LogP contribution in [0.2, 0.25) is 0 Å². The molecule has 0 unspecified atom stereocenters. The highest BCUT2D eigenvalue weighted by Gasteiger charge is 2.12. The lowest BCUT2D eigenvalue weighted by Gasteiger charge is -2.04. The molecule has 18 heavy (non-hydrogen) atoms. The number of nitrogens with zero attached hydrogens (tertiary/aromatic N) is 3. The van der Waals surface area contributed by atoms with Gasteiger partial charge in [0.25, 0.3) is 5.91 Å². The second-order valence-electron chi connectivity index (χ2n) is 4.20. The van der Waals surface area contributed by atoms with E-state index in [0.717, 1.165) is 23.4 Å². The lowest BCUT2D eigenvalue weighted by atomic mass is 10.2. The molecule has 0 saturated heterocycles. The minimum Gasteiger partial charge on any atom is -0.347 e. The molecule has 6 heteroatoms. The molecule has 0 aromatic carbocycles. The van der Waals surface area contributed by atoms with Crippen molar-refractivity contribution in [2.24, 2.45) is 7.05 Å². The summed E-state index contributed by atoms with van der Waals surface area (Å²) in [5.74, 6) is -0.120. The Morgan fingerprint density at radius 3 is 2.89 bits per heavy atom. The van der Waals surface area contributed by atoms with Gasteiger partial charge in [-0.3, -0.25) is 14.6 Å². The third-order valence-electron chi connectivity index (χ3n) is 2.90. The predicted octanol–water partition coefficient (Wildman–Crippen LogP) is 0.944. The van der Waals surface area contributed by atoms with Gasteiger partial charge in [0.2, 0.25) is 0 Å². The third-order valence-corrected chi connectivity index (χ3v) is 2.90. The van der Waals surface area contributed by atoms with Crippen molar-refractivity contribution >= 4 is 5.91 Å². The van der Waals surface area contributed by atoms with E-state index in [0.29, 0.717) is 12.2 Å². The van der Waals surface area contributed by atoms with Gasteiger partial charge >= 0.3 is 0 Å². The Morgan fingerprint density at radius 1 is 1.56 bits per heavy atom. The maximum Gasteiger partial charge on any atom is 0.269 e. The van der Waals surface area contributed by atoms with Crippen LogP contribution >= 0.6 is 0 Å². The molecule has 2 aromatic rings. The van der Waals surface area contributed by atoms with E-state index < -0.39 is 0 Å².